The van der Waals surface area contributed by atoms with E-state index in [2.05, 4.69) is 20.5 Å². The highest BCUT2D eigenvalue weighted by molar-refractivity contribution is 6.00. The van der Waals surface area contributed by atoms with Crippen molar-refractivity contribution in [2.24, 2.45) is 0 Å². The zero-order chi connectivity index (χ0) is 18.6. The lowest BCUT2D eigenvalue weighted by Gasteiger charge is -2.07. The number of nitrogens with one attached hydrogen (secondary N) is 1. The molecule has 0 bridgehead atoms. The molecule has 0 aliphatic heterocycles. The van der Waals surface area contributed by atoms with E-state index in [4.69, 9.17) is 4.42 Å². The number of benzene rings is 2. The van der Waals surface area contributed by atoms with Gasteiger partial charge in [-0.05, 0) is 30.7 Å². The summed E-state index contributed by atoms with van der Waals surface area (Å²) in [6, 6.07) is 17.4. The first-order valence-corrected chi connectivity index (χ1v) is 8.73. The Hall–Kier alpha value is -3.54. The summed E-state index contributed by atoms with van der Waals surface area (Å²) in [5.74, 6) is 0.796. The van der Waals surface area contributed by atoms with Gasteiger partial charge in [0.2, 0.25) is 17.7 Å². The van der Waals surface area contributed by atoms with E-state index in [1.165, 1.54) is 0 Å². The topological polar surface area (TPSA) is 80.9 Å². The van der Waals surface area contributed by atoms with Gasteiger partial charge in [0.15, 0.2) is 0 Å². The van der Waals surface area contributed by atoms with Crippen molar-refractivity contribution in [3.63, 3.8) is 0 Å². The maximum atomic E-state index is 12.3. The van der Waals surface area contributed by atoms with Crippen LogP contribution in [0, 0.1) is 6.92 Å². The number of aryl methyl sites for hydroxylation is 2. The van der Waals surface area contributed by atoms with Gasteiger partial charge in [0.1, 0.15) is 0 Å². The Morgan fingerprint density at radius 1 is 1.04 bits per heavy atom. The lowest BCUT2D eigenvalue weighted by atomic mass is 10.1. The molecule has 0 saturated carbocycles. The molecule has 0 unspecified atom stereocenters. The molecule has 0 spiro atoms. The number of para-hydroxylation sites is 1. The minimum absolute atomic E-state index is 0.121. The summed E-state index contributed by atoms with van der Waals surface area (Å²) in [7, 11) is 0. The third-order valence-electron chi connectivity index (χ3n) is 4.32. The molecule has 0 fully saturated rings. The second kappa shape index (κ2) is 7.37. The standard InChI is InChI=1S/C21H18N4O2/c1-14-6-2-3-9-16(14)21-25-24-19(27-21)12-11-18(26)23-17-10-4-7-15-8-5-13-22-20(15)17/h2-10,13H,11-12H2,1H3,(H,23,26). The molecule has 27 heavy (non-hydrogen) atoms. The average molecular weight is 358 g/mol. The summed E-state index contributed by atoms with van der Waals surface area (Å²) >= 11 is 0. The normalized spacial score (nSPS) is 10.9. The predicted molar refractivity (Wildman–Crippen MR) is 103 cm³/mol. The SMILES string of the molecule is Cc1ccccc1-c1nnc(CCC(=O)Nc2cccc3cccnc23)o1. The van der Waals surface area contributed by atoms with Gasteiger partial charge in [0, 0.05) is 30.0 Å². The lowest BCUT2D eigenvalue weighted by Crippen LogP contribution is -2.13. The first-order chi connectivity index (χ1) is 13.2. The Kier molecular flexibility index (Phi) is 4.61. The van der Waals surface area contributed by atoms with Gasteiger partial charge in [-0.15, -0.1) is 10.2 Å². The summed E-state index contributed by atoms with van der Waals surface area (Å²) in [6.45, 7) is 1.99. The zero-order valence-electron chi connectivity index (χ0n) is 14.8. The fourth-order valence-electron chi connectivity index (χ4n) is 2.91. The number of hydrogen-bond donors (Lipinski definition) is 1. The third kappa shape index (κ3) is 3.69. The van der Waals surface area contributed by atoms with Crippen molar-refractivity contribution >= 4 is 22.5 Å². The highest BCUT2D eigenvalue weighted by Crippen LogP contribution is 2.23. The van der Waals surface area contributed by atoms with Crippen LogP contribution in [0.3, 0.4) is 0 Å². The maximum Gasteiger partial charge on any atom is 0.247 e. The van der Waals surface area contributed by atoms with E-state index in [0.717, 1.165) is 22.0 Å². The maximum absolute atomic E-state index is 12.3. The number of rotatable bonds is 5. The molecular weight excluding hydrogens is 340 g/mol. The molecule has 0 radical (unpaired) electrons. The number of fused-ring (bicyclic) bond motifs is 1. The van der Waals surface area contributed by atoms with E-state index in [0.29, 0.717) is 23.9 Å². The number of carbonyl (C=O) groups is 1. The van der Waals surface area contributed by atoms with Crippen molar-refractivity contribution in [2.75, 3.05) is 5.32 Å². The molecular formula is C21H18N4O2. The molecule has 0 aliphatic rings. The van der Waals surface area contributed by atoms with Crippen LogP contribution in [-0.4, -0.2) is 21.1 Å². The van der Waals surface area contributed by atoms with Crippen LogP contribution in [0.1, 0.15) is 17.9 Å². The van der Waals surface area contributed by atoms with Gasteiger partial charge in [0.25, 0.3) is 0 Å². The van der Waals surface area contributed by atoms with Gasteiger partial charge in [-0.3, -0.25) is 9.78 Å². The number of pyridine rings is 1. The van der Waals surface area contributed by atoms with Crippen molar-refractivity contribution < 1.29 is 9.21 Å². The van der Waals surface area contributed by atoms with E-state index in [-0.39, 0.29) is 12.3 Å². The average Bonchev–Trinajstić information content (AvgIpc) is 3.16. The second-order valence-electron chi connectivity index (χ2n) is 6.24. The van der Waals surface area contributed by atoms with Crippen LogP contribution >= 0.6 is 0 Å². The zero-order valence-corrected chi connectivity index (χ0v) is 14.8. The van der Waals surface area contributed by atoms with Crippen molar-refractivity contribution in [3.8, 4) is 11.5 Å². The first-order valence-electron chi connectivity index (χ1n) is 8.73. The Bertz CT molecular complexity index is 1100. The van der Waals surface area contributed by atoms with Gasteiger partial charge in [-0.25, -0.2) is 0 Å². The summed E-state index contributed by atoms with van der Waals surface area (Å²) < 4.78 is 5.71. The number of amides is 1. The summed E-state index contributed by atoms with van der Waals surface area (Å²) in [5, 5.41) is 12.0. The minimum Gasteiger partial charge on any atom is -0.421 e. The van der Waals surface area contributed by atoms with Crippen LogP contribution in [0.15, 0.2) is 65.2 Å². The molecule has 0 saturated heterocycles. The van der Waals surface area contributed by atoms with E-state index in [1.54, 1.807) is 6.20 Å². The highest BCUT2D eigenvalue weighted by Gasteiger charge is 2.13. The number of anilines is 1. The highest BCUT2D eigenvalue weighted by atomic mass is 16.4. The second-order valence-corrected chi connectivity index (χ2v) is 6.24. The molecule has 1 N–H and O–H groups in total. The van der Waals surface area contributed by atoms with Crippen LogP contribution in [0.25, 0.3) is 22.4 Å². The van der Waals surface area contributed by atoms with Gasteiger partial charge in [-0.2, -0.15) is 0 Å². The summed E-state index contributed by atoms with van der Waals surface area (Å²) in [6.07, 6.45) is 2.34. The smallest absolute Gasteiger partial charge is 0.247 e. The largest absolute Gasteiger partial charge is 0.421 e. The molecule has 1 amide bonds. The molecule has 134 valence electrons. The number of hydrogen-bond acceptors (Lipinski definition) is 5. The molecule has 2 aromatic heterocycles. The number of nitrogens with zero attached hydrogens (tertiary/aromatic N) is 3. The molecule has 4 aromatic rings. The number of aromatic nitrogens is 3. The van der Waals surface area contributed by atoms with Gasteiger partial charge >= 0.3 is 0 Å². The van der Waals surface area contributed by atoms with Crippen LogP contribution < -0.4 is 5.32 Å². The van der Waals surface area contributed by atoms with E-state index < -0.39 is 0 Å². The predicted octanol–water partition coefficient (Wildman–Crippen LogP) is 4.16. The van der Waals surface area contributed by atoms with E-state index in [9.17, 15) is 4.79 Å². The fraction of sp³-hybridized carbons (Fsp3) is 0.143. The molecule has 2 aromatic carbocycles. The Morgan fingerprint density at radius 2 is 1.89 bits per heavy atom. The number of carbonyl (C=O) groups excluding carboxylic acids is 1. The summed E-state index contributed by atoms with van der Waals surface area (Å²) in [5.41, 5.74) is 3.44. The summed E-state index contributed by atoms with van der Waals surface area (Å²) in [4.78, 5) is 16.7. The van der Waals surface area contributed by atoms with Gasteiger partial charge < -0.3 is 9.73 Å². The third-order valence-corrected chi connectivity index (χ3v) is 4.32. The van der Waals surface area contributed by atoms with Crippen LogP contribution in [-0.2, 0) is 11.2 Å². The van der Waals surface area contributed by atoms with Crippen LogP contribution in [0.5, 0.6) is 0 Å². The monoisotopic (exact) mass is 358 g/mol. The van der Waals surface area contributed by atoms with Crippen LogP contribution in [0.2, 0.25) is 0 Å². The molecule has 2 heterocycles. The van der Waals surface area contributed by atoms with Crippen molar-refractivity contribution in [1.29, 1.82) is 0 Å². The Morgan fingerprint density at radius 3 is 2.78 bits per heavy atom. The fourth-order valence-corrected chi connectivity index (χ4v) is 2.91. The molecule has 4 rings (SSSR count). The molecule has 0 atom stereocenters. The van der Waals surface area contributed by atoms with Crippen LogP contribution in [0.4, 0.5) is 5.69 Å². The van der Waals surface area contributed by atoms with Crippen molar-refractivity contribution in [2.45, 2.75) is 19.8 Å². The quantitative estimate of drug-likeness (QED) is 0.579. The van der Waals surface area contributed by atoms with Gasteiger partial charge in [0.05, 0.1) is 11.2 Å². The minimum atomic E-state index is -0.121. The van der Waals surface area contributed by atoms with Gasteiger partial charge in [-0.1, -0.05) is 36.4 Å². The Labute approximate surface area is 156 Å². The van der Waals surface area contributed by atoms with E-state index >= 15 is 0 Å². The lowest BCUT2D eigenvalue weighted by molar-refractivity contribution is -0.116. The molecule has 0 aliphatic carbocycles. The van der Waals surface area contributed by atoms with Crippen molar-refractivity contribution in [3.05, 3.63) is 72.2 Å². The molecule has 6 nitrogen and oxygen atoms in total. The van der Waals surface area contributed by atoms with E-state index in [1.807, 2.05) is 61.5 Å². The Balaban J connectivity index is 1.42. The molecule has 6 heteroatoms. The van der Waals surface area contributed by atoms with Crippen molar-refractivity contribution in [1.82, 2.24) is 15.2 Å². The first kappa shape index (κ1) is 16.9.